The summed E-state index contributed by atoms with van der Waals surface area (Å²) in [5.41, 5.74) is 1.56. The fraction of sp³-hybridized carbons (Fsp3) is 0.417. The number of hydrogen-bond acceptors (Lipinski definition) is 1. The van der Waals surface area contributed by atoms with E-state index < -0.39 is 0 Å². The number of aryl methyl sites for hydroxylation is 1. The molecule has 4 heteroatoms. The van der Waals surface area contributed by atoms with Crippen LogP contribution in [-0.2, 0) is 0 Å². The Labute approximate surface area is 106 Å². The Kier molecular flexibility index (Phi) is 4.63. The second kappa shape index (κ2) is 5.55. The Morgan fingerprint density at radius 2 is 2.12 bits per heavy atom. The molecule has 0 fully saturated rings. The smallest absolute Gasteiger partial charge is 0.253 e. The lowest BCUT2D eigenvalue weighted by atomic mass is 10.1. The van der Waals surface area contributed by atoms with Crippen LogP contribution < -0.4 is 0 Å². The van der Waals surface area contributed by atoms with Crippen molar-refractivity contribution in [2.45, 2.75) is 19.2 Å². The summed E-state index contributed by atoms with van der Waals surface area (Å²) in [7, 11) is 1.73. The lowest BCUT2D eigenvalue weighted by Crippen LogP contribution is -2.31. The molecule has 1 atom stereocenters. The molecule has 0 saturated carbocycles. The van der Waals surface area contributed by atoms with E-state index in [4.69, 9.17) is 23.2 Å². The van der Waals surface area contributed by atoms with Gasteiger partial charge in [0.25, 0.3) is 5.91 Å². The predicted octanol–water partition coefficient (Wildman–Crippen LogP) is 3.35. The van der Waals surface area contributed by atoms with Gasteiger partial charge in [-0.05, 0) is 31.5 Å². The third-order valence-electron chi connectivity index (χ3n) is 2.29. The molecule has 1 aromatic carbocycles. The Balaban J connectivity index is 2.84. The Morgan fingerprint density at radius 3 is 2.62 bits per heavy atom. The number of benzene rings is 1. The van der Waals surface area contributed by atoms with Crippen molar-refractivity contribution in [1.82, 2.24) is 4.90 Å². The Hall–Kier alpha value is -0.730. The lowest BCUT2D eigenvalue weighted by Gasteiger charge is -2.18. The molecule has 2 nitrogen and oxygen atoms in total. The maximum atomic E-state index is 12.0. The monoisotopic (exact) mass is 259 g/mol. The van der Waals surface area contributed by atoms with Crippen molar-refractivity contribution >= 4 is 29.1 Å². The third kappa shape index (κ3) is 3.39. The highest BCUT2D eigenvalue weighted by Crippen LogP contribution is 2.17. The van der Waals surface area contributed by atoms with Gasteiger partial charge in [0, 0.05) is 29.6 Å². The van der Waals surface area contributed by atoms with Gasteiger partial charge in [-0.25, -0.2) is 0 Å². The summed E-state index contributed by atoms with van der Waals surface area (Å²) < 4.78 is 0. The highest BCUT2D eigenvalue weighted by molar-refractivity contribution is 6.31. The highest BCUT2D eigenvalue weighted by Gasteiger charge is 2.13. The minimum Gasteiger partial charge on any atom is -0.340 e. The zero-order chi connectivity index (χ0) is 12.3. The minimum absolute atomic E-state index is 0.0603. The summed E-state index contributed by atoms with van der Waals surface area (Å²) in [5, 5.41) is 0.549. The van der Waals surface area contributed by atoms with E-state index in [0.717, 1.165) is 5.56 Å². The normalized spacial score (nSPS) is 12.3. The van der Waals surface area contributed by atoms with Gasteiger partial charge >= 0.3 is 0 Å². The van der Waals surface area contributed by atoms with Crippen molar-refractivity contribution < 1.29 is 4.79 Å². The van der Waals surface area contributed by atoms with E-state index >= 15 is 0 Å². The van der Waals surface area contributed by atoms with Crippen molar-refractivity contribution in [3.63, 3.8) is 0 Å². The first kappa shape index (κ1) is 13.3. The summed E-state index contributed by atoms with van der Waals surface area (Å²) in [6.45, 7) is 4.28. The molecule has 16 heavy (non-hydrogen) atoms. The van der Waals surface area contributed by atoms with Gasteiger partial charge in [-0.2, -0.15) is 0 Å². The van der Waals surface area contributed by atoms with Gasteiger partial charge in [-0.1, -0.05) is 17.7 Å². The van der Waals surface area contributed by atoms with E-state index in [-0.39, 0.29) is 11.3 Å². The molecule has 0 N–H and O–H groups in total. The molecular weight excluding hydrogens is 245 g/mol. The molecule has 0 bridgehead atoms. The molecule has 0 saturated heterocycles. The summed E-state index contributed by atoms with van der Waals surface area (Å²) in [4.78, 5) is 13.5. The van der Waals surface area contributed by atoms with Crippen molar-refractivity contribution in [2.24, 2.45) is 0 Å². The number of hydrogen-bond donors (Lipinski definition) is 0. The molecule has 88 valence electrons. The maximum Gasteiger partial charge on any atom is 0.253 e. The number of alkyl halides is 1. The van der Waals surface area contributed by atoms with E-state index in [1.54, 1.807) is 24.1 Å². The summed E-state index contributed by atoms with van der Waals surface area (Å²) in [6, 6.07) is 5.31. The van der Waals surface area contributed by atoms with Crippen LogP contribution in [0.1, 0.15) is 22.8 Å². The molecule has 0 heterocycles. The quantitative estimate of drug-likeness (QED) is 0.763. The molecule has 1 unspecified atom stereocenters. The molecule has 1 rings (SSSR count). The summed E-state index contributed by atoms with van der Waals surface area (Å²) in [5.74, 6) is -0.0607. The molecule has 1 aromatic rings. The number of carbonyl (C=O) groups excluding carboxylic acids is 1. The number of carbonyl (C=O) groups is 1. The fourth-order valence-corrected chi connectivity index (χ4v) is 1.79. The van der Waals surface area contributed by atoms with Crippen LogP contribution in [0.5, 0.6) is 0 Å². The molecule has 0 aliphatic carbocycles. The van der Waals surface area contributed by atoms with Gasteiger partial charge in [0.15, 0.2) is 0 Å². The van der Waals surface area contributed by atoms with Crippen molar-refractivity contribution in [1.29, 1.82) is 0 Å². The highest BCUT2D eigenvalue weighted by atomic mass is 35.5. The predicted molar refractivity (Wildman–Crippen MR) is 68.5 cm³/mol. The number of halogens is 2. The van der Waals surface area contributed by atoms with Crippen LogP contribution in [0.3, 0.4) is 0 Å². The Bertz CT molecular complexity index is 391. The van der Waals surface area contributed by atoms with Crippen LogP contribution in [0.25, 0.3) is 0 Å². The molecule has 0 radical (unpaired) electrons. The van der Waals surface area contributed by atoms with E-state index in [2.05, 4.69) is 0 Å². The molecule has 0 aliphatic heterocycles. The van der Waals surface area contributed by atoms with Gasteiger partial charge in [0.05, 0.1) is 0 Å². The molecule has 1 amide bonds. The van der Waals surface area contributed by atoms with Crippen LogP contribution in [0.2, 0.25) is 5.02 Å². The fourth-order valence-electron chi connectivity index (χ4n) is 1.41. The summed E-state index contributed by atoms with van der Waals surface area (Å²) in [6.07, 6.45) is 0. The van der Waals surface area contributed by atoms with Gasteiger partial charge in [0.1, 0.15) is 0 Å². The van der Waals surface area contributed by atoms with Gasteiger partial charge in [-0.3, -0.25) is 4.79 Å². The van der Waals surface area contributed by atoms with Crippen molar-refractivity contribution in [2.75, 3.05) is 13.6 Å². The van der Waals surface area contributed by atoms with E-state index in [9.17, 15) is 4.79 Å². The van der Waals surface area contributed by atoms with E-state index in [1.165, 1.54) is 0 Å². The zero-order valence-corrected chi connectivity index (χ0v) is 11.1. The standard InChI is InChI=1S/C12H15Cl2NO/c1-8-4-5-10(6-11(8)14)12(16)15(3)7-9(2)13/h4-6,9H,7H2,1-3H3. The second-order valence-electron chi connectivity index (χ2n) is 3.93. The van der Waals surface area contributed by atoms with Gasteiger partial charge in [-0.15, -0.1) is 11.6 Å². The lowest BCUT2D eigenvalue weighted by molar-refractivity contribution is 0.0796. The van der Waals surface area contributed by atoms with Crippen LogP contribution in [-0.4, -0.2) is 29.8 Å². The van der Waals surface area contributed by atoms with Crippen LogP contribution >= 0.6 is 23.2 Å². The van der Waals surface area contributed by atoms with Crippen LogP contribution in [0.15, 0.2) is 18.2 Å². The molecule has 0 aliphatic rings. The second-order valence-corrected chi connectivity index (χ2v) is 5.08. The number of amides is 1. The first-order valence-electron chi connectivity index (χ1n) is 5.07. The topological polar surface area (TPSA) is 20.3 Å². The van der Waals surface area contributed by atoms with Crippen molar-refractivity contribution in [3.8, 4) is 0 Å². The maximum absolute atomic E-state index is 12.0. The SMILES string of the molecule is Cc1ccc(C(=O)N(C)CC(C)Cl)cc1Cl. The van der Waals surface area contributed by atoms with E-state index in [1.807, 2.05) is 19.9 Å². The Morgan fingerprint density at radius 1 is 1.50 bits per heavy atom. The van der Waals surface area contributed by atoms with Crippen LogP contribution in [0.4, 0.5) is 0 Å². The molecular formula is C12H15Cl2NO. The van der Waals surface area contributed by atoms with Gasteiger partial charge in [0.2, 0.25) is 0 Å². The van der Waals surface area contributed by atoms with Crippen LogP contribution in [0, 0.1) is 6.92 Å². The molecule has 0 aromatic heterocycles. The number of nitrogens with zero attached hydrogens (tertiary/aromatic N) is 1. The van der Waals surface area contributed by atoms with Gasteiger partial charge < -0.3 is 4.90 Å². The number of rotatable bonds is 3. The largest absolute Gasteiger partial charge is 0.340 e. The average molecular weight is 260 g/mol. The minimum atomic E-state index is -0.0607. The van der Waals surface area contributed by atoms with E-state index in [0.29, 0.717) is 17.1 Å². The van der Waals surface area contributed by atoms with Crippen molar-refractivity contribution in [3.05, 3.63) is 34.3 Å². The average Bonchev–Trinajstić information content (AvgIpc) is 2.20. The zero-order valence-electron chi connectivity index (χ0n) is 9.63. The third-order valence-corrected chi connectivity index (χ3v) is 2.84. The first-order valence-corrected chi connectivity index (χ1v) is 5.89. The first-order chi connectivity index (χ1) is 7.41. The summed E-state index contributed by atoms with van der Waals surface area (Å²) >= 11 is 11.8. The molecule has 0 spiro atoms.